The summed E-state index contributed by atoms with van der Waals surface area (Å²) >= 11 is 0. The monoisotopic (exact) mass is 452 g/mol. The molecular weight excluding hydrogens is 425 g/mol. The SMILES string of the molecule is O=C1COC2CCN(C(=O)N3CC(c4ccc(N5CCC(C(F)(F)F)C5)cc4)C3)CC2N1. The van der Waals surface area contributed by atoms with Crippen LogP contribution in [0.1, 0.15) is 24.3 Å². The van der Waals surface area contributed by atoms with Gasteiger partial charge in [-0.15, -0.1) is 0 Å². The lowest BCUT2D eigenvalue weighted by atomic mass is 9.91. The minimum atomic E-state index is -4.14. The third-order valence-corrected chi connectivity index (χ3v) is 7.13. The Balaban J connectivity index is 1.12. The van der Waals surface area contributed by atoms with Crippen LogP contribution in [0.4, 0.5) is 23.7 Å². The molecule has 0 saturated carbocycles. The summed E-state index contributed by atoms with van der Waals surface area (Å²) in [5, 5.41) is 2.91. The standard InChI is InChI=1S/C22H27F3N4O3/c23-22(24,25)16-5-7-27(11-16)17-3-1-14(2-4-17)15-9-29(10-15)21(31)28-8-6-19-18(12-28)26-20(30)13-32-19/h1-4,15-16,18-19H,5-13H2,(H,26,30). The van der Waals surface area contributed by atoms with Crippen LogP contribution in [0.2, 0.25) is 0 Å². The van der Waals surface area contributed by atoms with Gasteiger partial charge in [-0.05, 0) is 30.5 Å². The summed E-state index contributed by atoms with van der Waals surface area (Å²) in [7, 11) is 0. The minimum absolute atomic E-state index is 0.0116. The third kappa shape index (κ3) is 4.12. The number of nitrogens with one attached hydrogen (secondary N) is 1. The zero-order chi connectivity index (χ0) is 22.5. The summed E-state index contributed by atoms with van der Waals surface area (Å²) in [5.41, 5.74) is 1.91. The number of morpholine rings is 1. The zero-order valence-electron chi connectivity index (χ0n) is 17.7. The van der Waals surface area contributed by atoms with Crippen molar-refractivity contribution in [3.8, 4) is 0 Å². The van der Waals surface area contributed by atoms with Crippen LogP contribution in [0, 0.1) is 5.92 Å². The molecule has 0 bridgehead atoms. The Bertz CT molecular complexity index is 872. The van der Waals surface area contributed by atoms with E-state index in [0.717, 1.165) is 11.3 Å². The van der Waals surface area contributed by atoms with Gasteiger partial charge in [-0.1, -0.05) is 12.1 Å². The topological polar surface area (TPSA) is 65.1 Å². The molecule has 1 N–H and O–H groups in total. The van der Waals surface area contributed by atoms with Gasteiger partial charge in [0.15, 0.2) is 0 Å². The number of amides is 3. The summed E-state index contributed by atoms with van der Waals surface area (Å²) in [6.45, 7) is 2.82. The molecule has 3 unspecified atom stereocenters. The average molecular weight is 452 g/mol. The number of fused-ring (bicyclic) bond motifs is 1. The summed E-state index contributed by atoms with van der Waals surface area (Å²) in [6, 6.07) is 7.52. The number of hydrogen-bond acceptors (Lipinski definition) is 4. The van der Waals surface area contributed by atoms with Crippen molar-refractivity contribution < 1.29 is 27.5 Å². The van der Waals surface area contributed by atoms with Crippen LogP contribution in [0.3, 0.4) is 0 Å². The second kappa shape index (κ2) is 8.13. The minimum Gasteiger partial charge on any atom is -0.371 e. The van der Waals surface area contributed by atoms with Crippen LogP contribution < -0.4 is 10.2 Å². The third-order valence-electron chi connectivity index (χ3n) is 7.13. The van der Waals surface area contributed by atoms with Crippen LogP contribution in [0.15, 0.2) is 24.3 Å². The van der Waals surface area contributed by atoms with Crippen LogP contribution in [-0.4, -0.2) is 85.9 Å². The number of likely N-dealkylation sites (tertiary alicyclic amines) is 2. The summed E-state index contributed by atoms with van der Waals surface area (Å²) in [4.78, 5) is 29.8. The molecule has 1 aromatic carbocycles. The number of halogens is 3. The van der Waals surface area contributed by atoms with E-state index in [-0.39, 0.29) is 49.6 Å². The van der Waals surface area contributed by atoms with Crippen LogP contribution in [-0.2, 0) is 9.53 Å². The molecule has 32 heavy (non-hydrogen) atoms. The quantitative estimate of drug-likeness (QED) is 0.747. The lowest BCUT2D eigenvalue weighted by Crippen LogP contribution is -2.63. The maximum Gasteiger partial charge on any atom is 0.393 e. The smallest absolute Gasteiger partial charge is 0.371 e. The Hall–Kier alpha value is -2.49. The van der Waals surface area contributed by atoms with E-state index in [0.29, 0.717) is 39.1 Å². The highest BCUT2D eigenvalue weighted by atomic mass is 19.4. The first-order valence-electron chi connectivity index (χ1n) is 11.1. The normalized spacial score (nSPS) is 28.9. The fourth-order valence-corrected chi connectivity index (χ4v) is 5.14. The van der Waals surface area contributed by atoms with E-state index in [9.17, 15) is 22.8 Å². The number of rotatable bonds is 2. The number of ether oxygens (including phenoxy) is 1. The van der Waals surface area contributed by atoms with Gasteiger partial charge in [-0.25, -0.2) is 4.79 Å². The predicted molar refractivity (Wildman–Crippen MR) is 110 cm³/mol. The molecular formula is C22H27F3N4O3. The maximum absolute atomic E-state index is 12.9. The van der Waals surface area contributed by atoms with E-state index in [1.54, 1.807) is 14.7 Å². The van der Waals surface area contributed by atoms with Crippen molar-refractivity contribution in [2.45, 2.75) is 37.1 Å². The number of carbonyl (C=O) groups is 2. The lowest BCUT2D eigenvalue weighted by molar-refractivity contribution is -0.168. The second-order valence-corrected chi connectivity index (χ2v) is 9.21. The van der Waals surface area contributed by atoms with Gasteiger partial charge < -0.3 is 24.8 Å². The Kier molecular flexibility index (Phi) is 5.43. The van der Waals surface area contributed by atoms with Gasteiger partial charge in [0.05, 0.1) is 18.1 Å². The Morgan fingerprint density at radius 3 is 2.44 bits per heavy atom. The summed E-state index contributed by atoms with van der Waals surface area (Å²) in [6.07, 6.45) is -3.32. The summed E-state index contributed by atoms with van der Waals surface area (Å²) in [5.74, 6) is -1.17. The van der Waals surface area contributed by atoms with Gasteiger partial charge in [0.1, 0.15) is 6.61 Å². The van der Waals surface area contributed by atoms with Crippen LogP contribution in [0.5, 0.6) is 0 Å². The molecule has 3 amide bonds. The van der Waals surface area contributed by atoms with Gasteiger partial charge in [0, 0.05) is 50.9 Å². The average Bonchev–Trinajstić information content (AvgIpc) is 3.23. The number of piperidine rings is 1. The first kappa shape index (κ1) is 21.4. The van der Waals surface area contributed by atoms with Crippen molar-refractivity contribution in [2.75, 3.05) is 50.8 Å². The molecule has 174 valence electrons. The molecule has 4 fully saturated rings. The fourth-order valence-electron chi connectivity index (χ4n) is 5.14. The largest absolute Gasteiger partial charge is 0.393 e. The fraction of sp³-hybridized carbons (Fsp3) is 0.636. The van der Waals surface area contributed by atoms with Gasteiger partial charge in [-0.3, -0.25) is 4.79 Å². The Labute approximate surface area is 184 Å². The highest BCUT2D eigenvalue weighted by Gasteiger charge is 2.44. The van der Waals surface area contributed by atoms with E-state index in [4.69, 9.17) is 4.74 Å². The maximum atomic E-state index is 12.9. The predicted octanol–water partition coefficient (Wildman–Crippen LogP) is 2.18. The van der Waals surface area contributed by atoms with Crippen LogP contribution in [0.25, 0.3) is 0 Å². The van der Waals surface area contributed by atoms with Gasteiger partial charge in [0.2, 0.25) is 5.91 Å². The van der Waals surface area contributed by atoms with Crippen molar-refractivity contribution in [3.05, 3.63) is 29.8 Å². The van der Waals surface area contributed by atoms with Crippen molar-refractivity contribution >= 4 is 17.6 Å². The molecule has 4 aliphatic heterocycles. The van der Waals surface area contributed by atoms with E-state index in [1.807, 2.05) is 24.3 Å². The van der Waals surface area contributed by atoms with Crippen molar-refractivity contribution in [1.29, 1.82) is 0 Å². The number of carbonyl (C=O) groups excluding carboxylic acids is 2. The molecule has 5 rings (SSSR count). The molecule has 0 spiro atoms. The number of alkyl halides is 3. The summed E-state index contributed by atoms with van der Waals surface area (Å²) < 4.78 is 44.3. The Morgan fingerprint density at radius 2 is 1.75 bits per heavy atom. The van der Waals surface area contributed by atoms with Gasteiger partial charge in [0.25, 0.3) is 0 Å². The van der Waals surface area contributed by atoms with Crippen molar-refractivity contribution in [1.82, 2.24) is 15.1 Å². The number of hydrogen-bond donors (Lipinski definition) is 1. The zero-order valence-corrected chi connectivity index (χ0v) is 17.7. The van der Waals surface area contributed by atoms with Crippen molar-refractivity contribution in [3.63, 3.8) is 0 Å². The molecule has 0 aliphatic carbocycles. The number of anilines is 1. The first-order valence-corrected chi connectivity index (χ1v) is 11.1. The van der Waals surface area contributed by atoms with Crippen LogP contribution >= 0.6 is 0 Å². The Morgan fingerprint density at radius 1 is 1.00 bits per heavy atom. The van der Waals surface area contributed by atoms with E-state index in [1.165, 1.54) is 0 Å². The molecule has 4 aliphatic rings. The number of urea groups is 1. The second-order valence-electron chi connectivity index (χ2n) is 9.21. The molecule has 0 aromatic heterocycles. The van der Waals surface area contributed by atoms with E-state index < -0.39 is 12.1 Å². The molecule has 7 nitrogen and oxygen atoms in total. The van der Waals surface area contributed by atoms with E-state index >= 15 is 0 Å². The van der Waals surface area contributed by atoms with Crippen molar-refractivity contribution in [2.24, 2.45) is 5.92 Å². The molecule has 3 atom stereocenters. The highest BCUT2D eigenvalue weighted by molar-refractivity contribution is 5.79. The molecule has 1 aromatic rings. The van der Waals surface area contributed by atoms with Gasteiger partial charge in [-0.2, -0.15) is 13.2 Å². The number of nitrogens with zero attached hydrogens (tertiary/aromatic N) is 3. The van der Waals surface area contributed by atoms with Gasteiger partial charge >= 0.3 is 12.2 Å². The highest BCUT2D eigenvalue weighted by Crippen LogP contribution is 2.36. The first-order chi connectivity index (χ1) is 15.3. The number of benzene rings is 1. The molecule has 10 heteroatoms. The lowest BCUT2D eigenvalue weighted by Gasteiger charge is -2.46. The molecule has 0 radical (unpaired) electrons. The molecule has 4 saturated heterocycles. The molecule has 4 heterocycles. The van der Waals surface area contributed by atoms with E-state index in [2.05, 4.69) is 5.32 Å².